The highest BCUT2D eigenvalue weighted by Crippen LogP contribution is 2.20. The van der Waals surface area contributed by atoms with Crippen molar-refractivity contribution < 1.29 is 19.1 Å². The molecule has 1 fully saturated rings. The van der Waals surface area contributed by atoms with E-state index in [0.29, 0.717) is 42.0 Å². The molecule has 4 rings (SSSR count). The van der Waals surface area contributed by atoms with Crippen molar-refractivity contribution in [1.29, 1.82) is 0 Å². The van der Waals surface area contributed by atoms with Crippen LogP contribution < -0.4 is 16.0 Å². The Morgan fingerprint density at radius 3 is 2.59 bits per heavy atom. The molecule has 1 aromatic carbocycles. The fourth-order valence-electron chi connectivity index (χ4n) is 4.23. The zero-order valence-corrected chi connectivity index (χ0v) is 20.0. The summed E-state index contributed by atoms with van der Waals surface area (Å²) in [6.07, 6.45) is 1.36. The van der Waals surface area contributed by atoms with E-state index in [9.17, 15) is 19.2 Å². The summed E-state index contributed by atoms with van der Waals surface area (Å²) in [5.41, 5.74) is 0.286. The minimum atomic E-state index is -0.543. The lowest BCUT2D eigenvalue weighted by Gasteiger charge is -2.31. The molecule has 34 heavy (non-hydrogen) atoms. The standard InChI is InChI=1S/C24H27N3O6S/c1-3-33-23(30)17-5-4-11-25(14-17)20(28)15-26-19-10-12-34-21(19)22(29)27(24(26)31)13-16-6-8-18(32-2)9-7-16/h6-10,12,17H,3-5,11,13-15H2,1-2H3/t17-/m1/s1. The topological polar surface area (TPSA) is 99.8 Å². The summed E-state index contributed by atoms with van der Waals surface area (Å²) >= 11 is 1.24. The van der Waals surface area contributed by atoms with Gasteiger partial charge in [-0.05, 0) is 48.9 Å². The van der Waals surface area contributed by atoms with Crippen molar-refractivity contribution in [3.63, 3.8) is 0 Å². The third kappa shape index (κ3) is 4.77. The van der Waals surface area contributed by atoms with Gasteiger partial charge in [-0.25, -0.2) is 4.79 Å². The molecule has 3 heterocycles. The molecule has 0 unspecified atom stereocenters. The second-order valence-electron chi connectivity index (χ2n) is 8.17. The number of hydrogen-bond donors (Lipinski definition) is 0. The number of piperidine rings is 1. The van der Waals surface area contributed by atoms with Gasteiger partial charge in [0.25, 0.3) is 5.56 Å². The van der Waals surface area contributed by atoms with Crippen LogP contribution >= 0.6 is 11.3 Å². The molecule has 1 aliphatic rings. The molecule has 1 saturated heterocycles. The van der Waals surface area contributed by atoms with Crippen LogP contribution in [0.3, 0.4) is 0 Å². The lowest BCUT2D eigenvalue weighted by Crippen LogP contribution is -2.47. The Balaban J connectivity index is 1.62. The van der Waals surface area contributed by atoms with Crippen LogP contribution in [0.25, 0.3) is 10.2 Å². The SMILES string of the molecule is CCOC(=O)[C@@H]1CCCN(C(=O)Cn2c(=O)n(Cc3ccc(OC)cc3)c(=O)c3sccc32)C1. The van der Waals surface area contributed by atoms with Crippen LogP contribution in [0.1, 0.15) is 25.3 Å². The number of likely N-dealkylation sites (tertiary alicyclic amines) is 1. The van der Waals surface area contributed by atoms with Gasteiger partial charge in [0.2, 0.25) is 5.91 Å². The van der Waals surface area contributed by atoms with E-state index < -0.39 is 5.69 Å². The predicted molar refractivity (Wildman–Crippen MR) is 128 cm³/mol. The molecule has 2 aromatic heterocycles. The van der Waals surface area contributed by atoms with Gasteiger partial charge in [0.1, 0.15) is 17.0 Å². The van der Waals surface area contributed by atoms with Crippen LogP contribution in [0, 0.1) is 5.92 Å². The quantitative estimate of drug-likeness (QED) is 0.475. The molecular weight excluding hydrogens is 458 g/mol. The molecule has 3 aromatic rings. The molecule has 1 atom stereocenters. The number of hydrogen-bond acceptors (Lipinski definition) is 7. The van der Waals surface area contributed by atoms with Crippen LogP contribution in [-0.2, 0) is 27.4 Å². The summed E-state index contributed by atoms with van der Waals surface area (Å²) in [7, 11) is 1.57. The van der Waals surface area contributed by atoms with E-state index in [2.05, 4.69) is 0 Å². The number of ether oxygens (including phenoxy) is 2. The third-order valence-electron chi connectivity index (χ3n) is 6.02. The van der Waals surface area contributed by atoms with Crippen molar-refractivity contribution in [2.24, 2.45) is 5.92 Å². The number of thiophene rings is 1. The Hall–Kier alpha value is -3.40. The van der Waals surface area contributed by atoms with Crippen molar-refractivity contribution in [3.8, 4) is 5.75 Å². The molecule has 9 nitrogen and oxygen atoms in total. The van der Waals surface area contributed by atoms with E-state index >= 15 is 0 Å². The average Bonchev–Trinajstić information content (AvgIpc) is 3.35. The monoisotopic (exact) mass is 485 g/mol. The smallest absolute Gasteiger partial charge is 0.332 e. The number of benzene rings is 1. The number of nitrogens with zero attached hydrogens (tertiary/aromatic N) is 3. The predicted octanol–water partition coefficient (Wildman–Crippen LogP) is 2.08. The highest BCUT2D eigenvalue weighted by Gasteiger charge is 2.30. The Morgan fingerprint density at radius 2 is 1.88 bits per heavy atom. The number of rotatable bonds is 7. The van der Waals surface area contributed by atoms with E-state index in [1.807, 2.05) is 0 Å². The molecule has 1 aliphatic heterocycles. The van der Waals surface area contributed by atoms with Crippen molar-refractivity contribution in [1.82, 2.24) is 14.0 Å². The van der Waals surface area contributed by atoms with Gasteiger partial charge in [0.05, 0.1) is 31.7 Å². The molecule has 0 radical (unpaired) electrons. The van der Waals surface area contributed by atoms with E-state index in [-0.39, 0.29) is 43.0 Å². The van der Waals surface area contributed by atoms with Gasteiger partial charge in [-0.2, -0.15) is 0 Å². The first kappa shape index (κ1) is 23.7. The number of fused-ring (bicyclic) bond motifs is 1. The minimum Gasteiger partial charge on any atom is -0.497 e. The van der Waals surface area contributed by atoms with Gasteiger partial charge < -0.3 is 14.4 Å². The van der Waals surface area contributed by atoms with Crippen molar-refractivity contribution in [3.05, 3.63) is 62.1 Å². The van der Waals surface area contributed by atoms with Crippen LogP contribution in [0.15, 0.2) is 45.3 Å². The van der Waals surface area contributed by atoms with Crippen LogP contribution in [0.4, 0.5) is 0 Å². The van der Waals surface area contributed by atoms with Crippen molar-refractivity contribution in [2.75, 3.05) is 26.8 Å². The first-order chi connectivity index (χ1) is 16.4. The molecule has 0 saturated carbocycles. The molecule has 0 N–H and O–H groups in total. The normalized spacial score (nSPS) is 15.9. The molecule has 0 aliphatic carbocycles. The summed E-state index contributed by atoms with van der Waals surface area (Å²) in [5, 5.41) is 1.74. The Labute approximate surface area is 200 Å². The average molecular weight is 486 g/mol. The van der Waals surface area contributed by atoms with Gasteiger partial charge in [-0.1, -0.05) is 12.1 Å². The van der Waals surface area contributed by atoms with E-state index in [1.54, 1.807) is 54.6 Å². The Bertz CT molecular complexity index is 1310. The van der Waals surface area contributed by atoms with Gasteiger partial charge in [0.15, 0.2) is 0 Å². The maximum atomic E-state index is 13.4. The van der Waals surface area contributed by atoms with Crippen molar-refractivity contribution >= 4 is 33.4 Å². The number of esters is 1. The van der Waals surface area contributed by atoms with Crippen molar-refractivity contribution in [2.45, 2.75) is 32.9 Å². The molecule has 1 amide bonds. The lowest BCUT2D eigenvalue weighted by atomic mass is 9.98. The summed E-state index contributed by atoms with van der Waals surface area (Å²) in [5.74, 6) is -0.251. The number of carbonyl (C=O) groups is 2. The van der Waals surface area contributed by atoms with Gasteiger partial charge >= 0.3 is 11.7 Å². The summed E-state index contributed by atoms with van der Waals surface area (Å²) < 4.78 is 13.2. The minimum absolute atomic E-state index is 0.0817. The lowest BCUT2D eigenvalue weighted by molar-refractivity contribution is -0.151. The van der Waals surface area contributed by atoms with Crippen LogP contribution in [0.5, 0.6) is 5.75 Å². The number of carbonyl (C=O) groups excluding carboxylic acids is 2. The summed E-state index contributed by atoms with van der Waals surface area (Å²) in [6.45, 7) is 2.71. The zero-order valence-electron chi connectivity index (χ0n) is 19.2. The Morgan fingerprint density at radius 1 is 1.12 bits per heavy atom. The highest BCUT2D eigenvalue weighted by atomic mass is 32.1. The van der Waals surface area contributed by atoms with Gasteiger partial charge in [-0.15, -0.1) is 11.3 Å². The first-order valence-electron chi connectivity index (χ1n) is 11.2. The van der Waals surface area contributed by atoms with Crippen LogP contribution in [0.2, 0.25) is 0 Å². The zero-order chi connectivity index (χ0) is 24.2. The highest BCUT2D eigenvalue weighted by molar-refractivity contribution is 7.17. The van der Waals surface area contributed by atoms with Crippen LogP contribution in [-0.4, -0.2) is 52.7 Å². The van der Waals surface area contributed by atoms with E-state index in [4.69, 9.17) is 9.47 Å². The maximum absolute atomic E-state index is 13.4. The molecule has 10 heteroatoms. The molecule has 0 bridgehead atoms. The largest absolute Gasteiger partial charge is 0.497 e. The number of amides is 1. The first-order valence-corrected chi connectivity index (χ1v) is 12.1. The second kappa shape index (κ2) is 10.3. The molecule has 0 spiro atoms. The molecule has 180 valence electrons. The number of methoxy groups -OCH3 is 1. The maximum Gasteiger partial charge on any atom is 0.332 e. The van der Waals surface area contributed by atoms with E-state index in [1.165, 1.54) is 15.9 Å². The second-order valence-corrected chi connectivity index (χ2v) is 9.09. The molecular formula is C24H27N3O6S. The fraction of sp³-hybridized carbons (Fsp3) is 0.417. The van der Waals surface area contributed by atoms with E-state index in [0.717, 1.165) is 10.1 Å². The summed E-state index contributed by atoms with van der Waals surface area (Å²) in [4.78, 5) is 53.3. The van der Waals surface area contributed by atoms with Gasteiger partial charge in [-0.3, -0.25) is 23.5 Å². The fourth-order valence-corrected chi connectivity index (χ4v) is 5.07. The Kier molecular flexibility index (Phi) is 7.16. The summed E-state index contributed by atoms with van der Waals surface area (Å²) in [6, 6.07) is 8.81. The van der Waals surface area contributed by atoms with Gasteiger partial charge in [0, 0.05) is 13.1 Å². The number of aromatic nitrogens is 2. The third-order valence-corrected chi connectivity index (χ3v) is 6.92.